The number of quaternary nitrogens is 1. The van der Waals surface area contributed by atoms with Crippen molar-refractivity contribution >= 4 is 17.8 Å². The van der Waals surface area contributed by atoms with Crippen LogP contribution in [0.3, 0.4) is 0 Å². The van der Waals surface area contributed by atoms with Gasteiger partial charge in [0.2, 0.25) is 0 Å². The van der Waals surface area contributed by atoms with Crippen molar-refractivity contribution in [2.45, 2.75) is 32.0 Å². The Hall–Kier alpha value is -4.71. The first-order valence-electron chi connectivity index (χ1n) is 17.0. The number of carboxylic acid groups (broad SMARTS) is 2. The molecule has 1 amide bonds. The number of carbonyl (C=O) groups excluding carboxylic acids is 2. The lowest BCUT2D eigenvalue weighted by atomic mass is 9.99. The first-order chi connectivity index (χ1) is 25.3. The predicted octanol–water partition coefficient (Wildman–Crippen LogP) is 3.52. The number of aliphatic carboxylic acids is 2. The number of methoxy groups -OCH3 is 1. The van der Waals surface area contributed by atoms with Crippen molar-refractivity contribution in [3.05, 3.63) is 89.0 Å². The van der Waals surface area contributed by atoms with Crippen molar-refractivity contribution in [2.75, 3.05) is 73.6 Å². The van der Waals surface area contributed by atoms with E-state index in [1.54, 1.807) is 7.11 Å². The second-order valence-corrected chi connectivity index (χ2v) is 13.4. The fraction of sp³-hybridized carbons (Fsp3) is 0.432. The van der Waals surface area contributed by atoms with Crippen molar-refractivity contribution in [3.8, 4) is 16.9 Å². The first-order valence-corrected chi connectivity index (χ1v) is 17.0. The van der Waals surface area contributed by atoms with E-state index < -0.39 is 24.3 Å². The van der Waals surface area contributed by atoms with Gasteiger partial charge in [0.25, 0.3) is 5.91 Å². The number of likely N-dealkylation sites (N-methyl/N-ethyl adjacent to an activating group) is 1. The molecular formula is C37H45F6N5O6. The molecule has 3 N–H and O–H groups in total. The lowest BCUT2D eigenvalue weighted by molar-refractivity contribution is -0.894. The standard InChI is InChI=1S/C33H43N5O2.2C2HF3O2/c1-38(2)18-16-37(17-19-38)25-28-7-5-9-30(21-28)33(39)35-23-26-10-11-32(40-3)31(22-26)29-8-4-6-27(20-29)24-36-14-12-34-13-15-36;2*3-2(4,5)1(6)7/h4-11,20-22,34H,12-19,23-25H2,1-3H3;2*(H,6,7). The maximum absolute atomic E-state index is 13.1. The topological polar surface area (TPSA) is 134 Å². The minimum Gasteiger partial charge on any atom is -0.542 e. The normalized spacial score (nSPS) is 16.2. The number of ether oxygens (including phenoxy) is 1. The van der Waals surface area contributed by atoms with Crippen molar-refractivity contribution in [2.24, 2.45) is 0 Å². The molecule has 0 radical (unpaired) electrons. The second-order valence-electron chi connectivity index (χ2n) is 13.4. The number of amides is 1. The van der Waals surface area contributed by atoms with E-state index in [9.17, 15) is 31.1 Å². The zero-order valence-electron chi connectivity index (χ0n) is 30.2. The van der Waals surface area contributed by atoms with Crippen LogP contribution in [0, 0.1) is 0 Å². The summed E-state index contributed by atoms with van der Waals surface area (Å²) in [4.78, 5) is 35.7. The third-order valence-electron chi connectivity index (χ3n) is 8.68. The fourth-order valence-electron chi connectivity index (χ4n) is 5.61. The molecule has 0 spiro atoms. The lowest BCUT2D eigenvalue weighted by Gasteiger charge is -2.39. The minimum absolute atomic E-state index is 0.0475. The van der Waals surface area contributed by atoms with Crippen molar-refractivity contribution < 1.29 is 60.2 Å². The van der Waals surface area contributed by atoms with Crippen LogP contribution >= 0.6 is 0 Å². The van der Waals surface area contributed by atoms with Gasteiger partial charge in [-0.05, 0) is 52.6 Å². The van der Waals surface area contributed by atoms with Gasteiger partial charge in [0.1, 0.15) is 11.7 Å². The largest absolute Gasteiger partial charge is 0.542 e. The Bertz CT molecular complexity index is 1680. The molecule has 0 atom stereocenters. The number of carboxylic acids is 2. The molecule has 2 aliphatic heterocycles. The molecule has 2 heterocycles. The average molecular weight is 770 g/mol. The molecule has 296 valence electrons. The quantitative estimate of drug-likeness (QED) is 0.221. The number of hydrogen-bond donors (Lipinski definition) is 3. The Morgan fingerprint density at radius 3 is 1.89 bits per heavy atom. The Kier molecular flexibility index (Phi) is 15.8. The highest BCUT2D eigenvalue weighted by molar-refractivity contribution is 5.94. The van der Waals surface area contributed by atoms with Gasteiger partial charge in [-0.2, -0.15) is 26.3 Å². The zero-order valence-corrected chi connectivity index (χ0v) is 30.2. The SMILES string of the molecule is COc1ccc(CNC(=O)c2cccc(CN3CC[N+](C)(C)CC3)c2)cc1-c1cccc(CN2CCNCC2)c1.O=C(O)C(F)(F)F.O=C([O-])C(F)(F)F. The molecule has 2 aliphatic rings. The van der Waals surface area contributed by atoms with Gasteiger partial charge in [-0.3, -0.25) is 14.6 Å². The van der Waals surface area contributed by atoms with E-state index in [0.717, 1.165) is 92.4 Å². The van der Waals surface area contributed by atoms with E-state index in [4.69, 9.17) is 24.5 Å². The van der Waals surface area contributed by atoms with Gasteiger partial charge in [-0.1, -0.05) is 36.4 Å². The summed E-state index contributed by atoms with van der Waals surface area (Å²) in [7, 11) is 6.29. The van der Waals surface area contributed by atoms with Crippen LogP contribution in [-0.4, -0.2) is 123 Å². The maximum Gasteiger partial charge on any atom is 0.490 e. The van der Waals surface area contributed by atoms with Crippen molar-refractivity contribution in [1.29, 1.82) is 0 Å². The van der Waals surface area contributed by atoms with Crippen molar-refractivity contribution in [3.63, 3.8) is 0 Å². The molecule has 0 saturated carbocycles. The maximum atomic E-state index is 13.1. The van der Waals surface area contributed by atoms with Gasteiger partial charge in [0.15, 0.2) is 0 Å². The van der Waals surface area contributed by atoms with E-state index in [1.165, 1.54) is 11.1 Å². The molecule has 3 aromatic rings. The zero-order chi connectivity index (χ0) is 40.1. The molecule has 5 rings (SSSR count). The highest BCUT2D eigenvalue weighted by Crippen LogP contribution is 2.32. The summed E-state index contributed by atoms with van der Waals surface area (Å²) >= 11 is 0. The lowest BCUT2D eigenvalue weighted by Crippen LogP contribution is -2.54. The number of halogens is 6. The number of carbonyl (C=O) groups is 3. The predicted molar refractivity (Wildman–Crippen MR) is 186 cm³/mol. The molecular weight excluding hydrogens is 724 g/mol. The molecule has 0 bridgehead atoms. The Morgan fingerprint density at radius 2 is 1.35 bits per heavy atom. The molecule has 0 aromatic heterocycles. The molecule has 54 heavy (non-hydrogen) atoms. The van der Waals surface area contributed by atoms with E-state index in [0.29, 0.717) is 12.1 Å². The van der Waals surface area contributed by atoms with Crippen LogP contribution in [0.4, 0.5) is 26.3 Å². The number of piperazine rings is 2. The van der Waals surface area contributed by atoms with E-state index in [1.807, 2.05) is 30.3 Å². The Morgan fingerprint density at radius 1 is 0.815 bits per heavy atom. The number of nitrogens with one attached hydrogen (secondary N) is 2. The van der Waals surface area contributed by atoms with Crippen molar-refractivity contribution in [1.82, 2.24) is 20.4 Å². The number of alkyl halides is 6. The van der Waals surface area contributed by atoms with Crippen LogP contribution in [0.25, 0.3) is 11.1 Å². The minimum atomic E-state index is -5.19. The molecule has 11 nitrogen and oxygen atoms in total. The summed E-state index contributed by atoms with van der Waals surface area (Å²) in [5.74, 6) is -4.98. The van der Waals surface area contributed by atoms with Crippen LogP contribution in [0.15, 0.2) is 66.7 Å². The number of hydrogen-bond acceptors (Lipinski definition) is 8. The summed E-state index contributed by atoms with van der Waals surface area (Å²) in [6.07, 6.45) is -10.3. The van der Waals surface area contributed by atoms with Gasteiger partial charge in [-0.15, -0.1) is 0 Å². The molecule has 2 saturated heterocycles. The number of rotatable bonds is 9. The van der Waals surface area contributed by atoms with Crippen LogP contribution in [-0.2, 0) is 29.2 Å². The summed E-state index contributed by atoms with van der Waals surface area (Å²) in [5, 5.41) is 22.5. The van der Waals surface area contributed by atoms with Gasteiger partial charge in [-0.25, -0.2) is 4.79 Å². The summed E-state index contributed by atoms with van der Waals surface area (Å²) < 4.78 is 70.1. The molecule has 17 heteroatoms. The van der Waals surface area contributed by atoms with Crippen LogP contribution in [0.5, 0.6) is 5.75 Å². The number of benzene rings is 3. The fourth-order valence-corrected chi connectivity index (χ4v) is 5.61. The van der Waals surface area contributed by atoms with E-state index in [2.05, 4.69) is 70.9 Å². The second kappa shape index (κ2) is 19.6. The summed E-state index contributed by atoms with van der Waals surface area (Å²) in [5.41, 5.74) is 6.41. The van der Waals surface area contributed by atoms with Crippen LogP contribution in [0.2, 0.25) is 0 Å². The van der Waals surface area contributed by atoms with Crippen LogP contribution in [0.1, 0.15) is 27.0 Å². The summed E-state index contributed by atoms with van der Waals surface area (Å²) in [6, 6.07) is 22.9. The Labute approximate surface area is 309 Å². The smallest absolute Gasteiger partial charge is 0.490 e. The average Bonchev–Trinajstić information content (AvgIpc) is 3.12. The van der Waals surface area contributed by atoms with Gasteiger partial charge < -0.3 is 34.9 Å². The first kappa shape index (κ1) is 43.7. The highest BCUT2D eigenvalue weighted by atomic mass is 19.4. The molecule has 0 aliphatic carbocycles. The monoisotopic (exact) mass is 769 g/mol. The van der Waals surface area contributed by atoms with Crippen LogP contribution < -0.4 is 20.5 Å². The van der Waals surface area contributed by atoms with Gasteiger partial charge >= 0.3 is 18.3 Å². The molecule has 0 unspecified atom stereocenters. The summed E-state index contributed by atoms with van der Waals surface area (Å²) in [6.45, 7) is 11.0. The number of nitrogens with zero attached hydrogens (tertiary/aromatic N) is 3. The Balaban J connectivity index is 0.000000476. The highest BCUT2D eigenvalue weighted by Gasteiger charge is 2.38. The van der Waals surface area contributed by atoms with Gasteiger partial charge in [0.05, 0.1) is 34.3 Å². The molecule has 3 aromatic carbocycles. The third kappa shape index (κ3) is 14.6. The third-order valence-corrected chi connectivity index (χ3v) is 8.68. The van der Waals surface area contributed by atoms with E-state index >= 15 is 0 Å². The molecule has 2 fully saturated rings. The van der Waals surface area contributed by atoms with E-state index in [-0.39, 0.29) is 5.91 Å². The van der Waals surface area contributed by atoms with Gasteiger partial charge in [0, 0.05) is 70.0 Å².